The van der Waals surface area contributed by atoms with Crippen molar-refractivity contribution < 1.29 is 0 Å². The monoisotopic (exact) mass is 215 g/mol. The maximum absolute atomic E-state index is 5.34. The first-order valence-electron chi connectivity index (χ1n) is 5.34. The molecule has 0 aliphatic rings. The number of hydrazine groups is 1. The van der Waals surface area contributed by atoms with Gasteiger partial charge in [-0.15, -0.1) is 0 Å². The van der Waals surface area contributed by atoms with Crippen LogP contribution in [0.2, 0.25) is 0 Å². The van der Waals surface area contributed by atoms with E-state index in [1.807, 2.05) is 0 Å². The lowest BCUT2D eigenvalue weighted by molar-refractivity contribution is 0.326. The summed E-state index contributed by atoms with van der Waals surface area (Å²) in [5.74, 6) is 6.63. The standard InChI is InChI=1S/C10H25N5/c1-8(2)6-9(7-15(4)5)13-10(12-3)14-11/h8-9H,6-7,11H2,1-5H3,(H2,12,13,14). The average Bonchev–Trinajstić information content (AvgIpc) is 2.11. The molecule has 0 fully saturated rings. The molecule has 1 atom stereocenters. The van der Waals surface area contributed by atoms with Gasteiger partial charge in [-0.1, -0.05) is 13.8 Å². The lowest BCUT2D eigenvalue weighted by atomic mass is 10.0. The molecule has 0 bridgehead atoms. The van der Waals surface area contributed by atoms with Crippen molar-refractivity contribution in [1.29, 1.82) is 0 Å². The molecule has 90 valence electrons. The third-order valence-corrected chi connectivity index (χ3v) is 2.04. The fraction of sp³-hybridized carbons (Fsp3) is 0.900. The van der Waals surface area contributed by atoms with Crippen LogP contribution in [0, 0.1) is 5.92 Å². The van der Waals surface area contributed by atoms with Gasteiger partial charge in [-0.3, -0.25) is 10.4 Å². The Hall–Kier alpha value is -0.810. The van der Waals surface area contributed by atoms with Gasteiger partial charge in [-0.05, 0) is 26.4 Å². The predicted molar refractivity (Wildman–Crippen MR) is 65.6 cm³/mol. The predicted octanol–water partition coefficient (Wildman–Crippen LogP) is 0.00140. The van der Waals surface area contributed by atoms with Crippen molar-refractivity contribution in [2.45, 2.75) is 26.3 Å². The summed E-state index contributed by atoms with van der Waals surface area (Å²) in [6.45, 7) is 5.39. The van der Waals surface area contributed by atoms with E-state index in [0.29, 0.717) is 17.9 Å². The Morgan fingerprint density at radius 3 is 2.33 bits per heavy atom. The number of guanidine groups is 1. The minimum absolute atomic E-state index is 0.370. The van der Waals surface area contributed by atoms with Crippen LogP contribution in [0.1, 0.15) is 20.3 Å². The van der Waals surface area contributed by atoms with Gasteiger partial charge < -0.3 is 10.2 Å². The van der Waals surface area contributed by atoms with Gasteiger partial charge in [-0.25, -0.2) is 5.84 Å². The van der Waals surface area contributed by atoms with Gasteiger partial charge in [0.25, 0.3) is 0 Å². The number of nitrogens with one attached hydrogen (secondary N) is 2. The summed E-state index contributed by atoms with van der Waals surface area (Å²) in [6.07, 6.45) is 1.10. The van der Waals surface area contributed by atoms with E-state index in [0.717, 1.165) is 13.0 Å². The van der Waals surface area contributed by atoms with Crippen LogP contribution >= 0.6 is 0 Å². The van der Waals surface area contributed by atoms with Crippen molar-refractivity contribution in [3.8, 4) is 0 Å². The molecule has 0 aromatic rings. The number of nitrogens with zero attached hydrogens (tertiary/aromatic N) is 2. The van der Waals surface area contributed by atoms with Crippen molar-refractivity contribution in [3.63, 3.8) is 0 Å². The molecule has 0 heterocycles. The van der Waals surface area contributed by atoms with Crippen LogP contribution in [-0.4, -0.2) is 44.6 Å². The molecule has 15 heavy (non-hydrogen) atoms. The molecule has 5 heteroatoms. The van der Waals surface area contributed by atoms with Crippen LogP contribution < -0.4 is 16.6 Å². The first kappa shape index (κ1) is 14.2. The van der Waals surface area contributed by atoms with E-state index in [1.165, 1.54) is 0 Å². The average molecular weight is 215 g/mol. The SMILES string of the molecule is CN=C(NN)NC(CC(C)C)CN(C)C. The van der Waals surface area contributed by atoms with E-state index in [1.54, 1.807) is 7.05 Å². The van der Waals surface area contributed by atoms with Crippen LogP contribution in [0.3, 0.4) is 0 Å². The number of hydrogen-bond donors (Lipinski definition) is 3. The van der Waals surface area contributed by atoms with Crippen LogP contribution in [0.25, 0.3) is 0 Å². The summed E-state index contributed by atoms with van der Waals surface area (Å²) in [5, 5.41) is 3.29. The van der Waals surface area contributed by atoms with Crippen LogP contribution in [0.15, 0.2) is 4.99 Å². The van der Waals surface area contributed by atoms with E-state index in [-0.39, 0.29) is 0 Å². The van der Waals surface area contributed by atoms with E-state index < -0.39 is 0 Å². The molecule has 0 radical (unpaired) electrons. The smallest absolute Gasteiger partial charge is 0.205 e. The molecule has 0 aliphatic heterocycles. The second-order valence-electron chi connectivity index (χ2n) is 4.45. The Labute approximate surface area is 93.1 Å². The Morgan fingerprint density at radius 1 is 1.40 bits per heavy atom. The number of hydrogen-bond acceptors (Lipinski definition) is 3. The van der Waals surface area contributed by atoms with Gasteiger partial charge in [0.2, 0.25) is 5.96 Å². The normalized spacial score (nSPS) is 14.5. The Bertz CT molecular complexity index is 178. The van der Waals surface area contributed by atoms with Gasteiger partial charge in [0.15, 0.2) is 0 Å². The zero-order valence-electron chi connectivity index (χ0n) is 10.5. The topological polar surface area (TPSA) is 65.7 Å². The molecule has 0 saturated carbocycles. The minimum Gasteiger partial charge on any atom is -0.351 e. The molecule has 4 N–H and O–H groups in total. The van der Waals surface area contributed by atoms with Crippen molar-refractivity contribution in [2.24, 2.45) is 16.8 Å². The van der Waals surface area contributed by atoms with Crippen molar-refractivity contribution in [2.75, 3.05) is 27.7 Å². The van der Waals surface area contributed by atoms with E-state index in [4.69, 9.17) is 5.84 Å². The highest BCUT2D eigenvalue weighted by molar-refractivity contribution is 5.79. The molecule has 0 spiro atoms. The maximum atomic E-state index is 5.34. The van der Waals surface area contributed by atoms with Gasteiger partial charge >= 0.3 is 0 Å². The Kier molecular flexibility index (Phi) is 7.07. The Balaban J connectivity index is 4.22. The summed E-state index contributed by atoms with van der Waals surface area (Å²) in [7, 11) is 5.84. The van der Waals surface area contributed by atoms with Gasteiger partial charge in [0, 0.05) is 19.6 Å². The second-order valence-corrected chi connectivity index (χ2v) is 4.45. The highest BCUT2D eigenvalue weighted by atomic mass is 15.3. The van der Waals surface area contributed by atoms with Gasteiger partial charge in [0.05, 0.1) is 0 Å². The number of nitrogens with two attached hydrogens (primary N) is 1. The molecule has 0 rings (SSSR count). The molecule has 0 aromatic carbocycles. The van der Waals surface area contributed by atoms with Crippen molar-refractivity contribution in [3.05, 3.63) is 0 Å². The quantitative estimate of drug-likeness (QED) is 0.261. The van der Waals surface area contributed by atoms with Crippen molar-refractivity contribution in [1.82, 2.24) is 15.6 Å². The highest BCUT2D eigenvalue weighted by Crippen LogP contribution is 2.05. The third kappa shape index (κ3) is 7.16. The maximum Gasteiger partial charge on any atom is 0.205 e. The molecule has 1 unspecified atom stereocenters. The van der Waals surface area contributed by atoms with Gasteiger partial charge in [-0.2, -0.15) is 0 Å². The number of likely N-dealkylation sites (N-methyl/N-ethyl adjacent to an activating group) is 1. The first-order chi connectivity index (χ1) is 6.99. The largest absolute Gasteiger partial charge is 0.351 e. The van der Waals surface area contributed by atoms with E-state index in [9.17, 15) is 0 Å². The van der Waals surface area contributed by atoms with Crippen molar-refractivity contribution >= 4 is 5.96 Å². The van der Waals surface area contributed by atoms with Gasteiger partial charge in [0.1, 0.15) is 0 Å². The summed E-state index contributed by atoms with van der Waals surface area (Å²) in [6, 6.07) is 0.370. The van der Waals surface area contributed by atoms with Crippen LogP contribution in [0.4, 0.5) is 0 Å². The number of aliphatic imine (C=N–C) groups is 1. The second kappa shape index (κ2) is 7.48. The zero-order chi connectivity index (χ0) is 11.8. The third-order valence-electron chi connectivity index (χ3n) is 2.04. The Morgan fingerprint density at radius 2 is 2.00 bits per heavy atom. The minimum atomic E-state index is 0.370. The summed E-state index contributed by atoms with van der Waals surface area (Å²) >= 11 is 0. The number of rotatable bonds is 5. The van der Waals surface area contributed by atoms with Crippen LogP contribution in [0.5, 0.6) is 0 Å². The molecule has 0 saturated heterocycles. The zero-order valence-corrected chi connectivity index (χ0v) is 10.5. The van der Waals surface area contributed by atoms with E-state index in [2.05, 4.69) is 48.6 Å². The molecule has 5 nitrogen and oxygen atoms in total. The summed E-state index contributed by atoms with van der Waals surface area (Å²) < 4.78 is 0. The molecule has 0 amide bonds. The lowest BCUT2D eigenvalue weighted by Crippen LogP contribution is -2.49. The molecule has 0 aromatic heterocycles. The van der Waals surface area contributed by atoms with Crippen LogP contribution in [-0.2, 0) is 0 Å². The molecular formula is C10H25N5. The lowest BCUT2D eigenvalue weighted by Gasteiger charge is -2.25. The highest BCUT2D eigenvalue weighted by Gasteiger charge is 2.12. The summed E-state index contributed by atoms with van der Waals surface area (Å²) in [4.78, 5) is 6.17. The van der Waals surface area contributed by atoms with E-state index >= 15 is 0 Å². The fourth-order valence-electron chi connectivity index (χ4n) is 1.55. The fourth-order valence-corrected chi connectivity index (χ4v) is 1.55. The summed E-state index contributed by atoms with van der Waals surface area (Å²) in [5.41, 5.74) is 2.55. The first-order valence-corrected chi connectivity index (χ1v) is 5.34. The molecule has 0 aliphatic carbocycles. The molecular weight excluding hydrogens is 190 g/mol.